The molecule has 0 saturated heterocycles. The van der Waals surface area contributed by atoms with E-state index in [1.54, 1.807) is 0 Å². The standard InChI is InChI=1S/C14H20ClO2Si/c1-10-6-11(4-5-14(10)15)9-16-12-7-13(8-12)17-18(2)3/h4-6,12-13H,7-9H2,1-3H3. The van der Waals surface area contributed by atoms with Crippen molar-refractivity contribution < 1.29 is 9.16 Å². The molecule has 0 N–H and O–H groups in total. The molecule has 0 amide bonds. The van der Waals surface area contributed by atoms with E-state index in [0.717, 1.165) is 23.4 Å². The van der Waals surface area contributed by atoms with Crippen LogP contribution in [0.3, 0.4) is 0 Å². The Bertz CT molecular complexity index is 403. The van der Waals surface area contributed by atoms with Crippen LogP contribution in [-0.2, 0) is 15.8 Å². The van der Waals surface area contributed by atoms with Crippen molar-refractivity contribution in [3.8, 4) is 0 Å². The average Bonchev–Trinajstić information content (AvgIpc) is 2.25. The quantitative estimate of drug-likeness (QED) is 0.762. The van der Waals surface area contributed by atoms with E-state index in [0.29, 0.717) is 18.8 Å². The van der Waals surface area contributed by atoms with E-state index in [4.69, 9.17) is 20.8 Å². The fourth-order valence-corrected chi connectivity index (χ4v) is 3.07. The van der Waals surface area contributed by atoms with Gasteiger partial charge in [-0.05, 0) is 50.1 Å². The molecular weight excluding hydrogens is 264 g/mol. The van der Waals surface area contributed by atoms with Crippen LogP contribution in [0.4, 0.5) is 0 Å². The maximum absolute atomic E-state index is 5.99. The zero-order valence-corrected chi connectivity index (χ0v) is 13.0. The number of rotatable bonds is 5. The number of halogens is 1. The highest BCUT2D eigenvalue weighted by Gasteiger charge is 2.31. The van der Waals surface area contributed by atoms with Gasteiger partial charge >= 0.3 is 0 Å². The number of benzene rings is 1. The van der Waals surface area contributed by atoms with Gasteiger partial charge in [-0.15, -0.1) is 0 Å². The molecule has 0 bridgehead atoms. The van der Waals surface area contributed by atoms with Crippen molar-refractivity contribution in [3.05, 3.63) is 34.3 Å². The first-order chi connectivity index (χ1) is 8.54. The van der Waals surface area contributed by atoms with Gasteiger partial charge in [0, 0.05) is 11.1 Å². The molecule has 4 heteroatoms. The second-order valence-corrected chi connectivity index (χ2v) is 7.60. The Morgan fingerprint density at radius 2 is 2.00 bits per heavy atom. The fourth-order valence-electron chi connectivity index (χ4n) is 2.09. The number of hydrogen-bond acceptors (Lipinski definition) is 2. The molecule has 1 radical (unpaired) electrons. The first-order valence-electron chi connectivity index (χ1n) is 6.38. The lowest BCUT2D eigenvalue weighted by molar-refractivity contribution is -0.0692. The van der Waals surface area contributed by atoms with E-state index in [1.165, 1.54) is 5.56 Å². The van der Waals surface area contributed by atoms with E-state index in [9.17, 15) is 0 Å². The van der Waals surface area contributed by atoms with E-state index >= 15 is 0 Å². The highest BCUT2D eigenvalue weighted by molar-refractivity contribution is 6.48. The van der Waals surface area contributed by atoms with Gasteiger partial charge in [0.25, 0.3) is 0 Å². The summed E-state index contributed by atoms with van der Waals surface area (Å²) < 4.78 is 11.7. The third-order valence-corrected chi connectivity index (χ3v) is 4.39. The molecule has 1 aromatic rings. The van der Waals surface area contributed by atoms with Gasteiger partial charge in [-0.3, -0.25) is 0 Å². The molecule has 1 fully saturated rings. The Morgan fingerprint density at radius 3 is 2.61 bits per heavy atom. The lowest BCUT2D eigenvalue weighted by Gasteiger charge is -2.36. The minimum Gasteiger partial charge on any atom is -0.414 e. The van der Waals surface area contributed by atoms with Crippen LogP contribution in [0.2, 0.25) is 18.1 Å². The Labute approximate surface area is 116 Å². The molecule has 0 aliphatic heterocycles. The molecule has 1 aliphatic rings. The summed E-state index contributed by atoms with van der Waals surface area (Å²) in [6.45, 7) is 7.04. The molecule has 1 aromatic carbocycles. The maximum atomic E-state index is 5.99. The lowest BCUT2D eigenvalue weighted by atomic mass is 9.92. The molecule has 0 atom stereocenters. The normalized spacial score (nSPS) is 23.2. The number of aryl methyl sites for hydroxylation is 1. The zero-order valence-electron chi connectivity index (χ0n) is 11.2. The Morgan fingerprint density at radius 1 is 1.28 bits per heavy atom. The average molecular weight is 284 g/mol. The van der Waals surface area contributed by atoms with Crippen LogP contribution in [0.25, 0.3) is 0 Å². The minimum absolute atomic E-state index is 0.368. The van der Waals surface area contributed by atoms with Gasteiger partial charge in [0.2, 0.25) is 9.04 Å². The Balaban J connectivity index is 1.72. The molecule has 0 aromatic heterocycles. The summed E-state index contributed by atoms with van der Waals surface area (Å²) in [5.41, 5.74) is 2.30. The first kappa shape index (κ1) is 14.1. The topological polar surface area (TPSA) is 18.5 Å². The van der Waals surface area contributed by atoms with Crippen molar-refractivity contribution in [3.63, 3.8) is 0 Å². The van der Waals surface area contributed by atoms with E-state index in [2.05, 4.69) is 19.2 Å². The van der Waals surface area contributed by atoms with Crippen LogP contribution in [0.5, 0.6) is 0 Å². The molecule has 0 heterocycles. The summed E-state index contributed by atoms with van der Waals surface area (Å²) in [7, 11) is -0.565. The van der Waals surface area contributed by atoms with Crippen LogP contribution < -0.4 is 0 Å². The second kappa shape index (κ2) is 6.20. The van der Waals surface area contributed by atoms with Gasteiger partial charge in [0.15, 0.2) is 0 Å². The smallest absolute Gasteiger partial charge is 0.205 e. The largest absolute Gasteiger partial charge is 0.414 e. The summed E-state index contributed by atoms with van der Waals surface area (Å²) in [4.78, 5) is 0. The molecule has 18 heavy (non-hydrogen) atoms. The summed E-state index contributed by atoms with van der Waals surface area (Å²) >= 11 is 5.99. The predicted octanol–water partition coefficient (Wildman–Crippen LogP) is 3.96. The van der Waals surface area contributed by atoms with Crippen molar-refractivity contribution in [1.29, 1.82) is 0 Å². The molecule has 0 unspecified atom stereocenters. The van der Waals surface area contributed by atoms with Gasteiger partial charge < -0.3 is 9.16 Å². The molecule has 2 nitrogen and oxygen atoms in total. The van der Waals surface area contributed by atoms with Crippen molar-refractivity contribution in [2.75, 3.05) is 0 Å². The molecule has 99 valence electrons. The fraction of sp³-hybridized carbons (Fsp3) is 0.571. The molecule has 1 saturated carbocycles. The molecule has 2 rings (SSSR count). The van der Waals surface area contributed by atoms with Crippen LogP contribution >= 0.6 is 11.6 Å². The van der Waals surface area contributed by atoms with Crippen molar-refractivity contribution in [1.82, 2.24) is 0 Å². The summed E-state index contributed by atoms with van der Waals surface area (Å²) in [6, 6.07) is 6.06. The number of ether oxygens (including phenoxy) is 1. The van der Waals surface area contributed by atoms with Crippen molar-refractivity contribution in [2.24, 2.45) is 0 Å². The second-order valence-electron chi connectivity index (χ2n) is 5.14. The maximum Gasteiger partial charge on any atom is 0.205 e. The Kier molecular flexibility index (Phi) is 4.84. The van der Waals surface area contributed by atoms with Gasteiger partial charge in [0.1, 0.15) is 0 Å². The van der Waals surface area contributed by atoms with Crippen LogP contribution in [0, 0.1) is 6.92 Å². The Hall–Kier alpha value is -0.353. The lowest BCUT2D eigenvalue weighted by Crippen LogP contribution is -2.39. The van der Waals surface area contributed by atoms with Crippen LogP contribution in [0.15, 0.2) is 18.2 Å². The van der Waals surface area contributed by atoms with Gasteiger partial charge in [-0.2, -0.15) is 0 Å². The predicted molar refractivity (Wildman–Crippen MR) is 76.4 cm³/mol. The molecular formula is C14H20ClO2Si. The third-order valence-electron chi connectivity index (χ3n) is 3.16. The highest BCUT2D eigenvalue weighted by atomic mass is 35.5. The summed E-state index contributed by atoms with van der Waals surface area (Å²) in [5, 5.41) is 0.816. The van der Waals surface area contributed by atoms with Gasteiger partial charge in [-0.25, -0.2) is 0 Å². The highest BCUT2D eigenvalue weighted by Crippen LogP contribution is 2.28. The summed E-state index contributed by atoms with van der Waals surface area (Å²) in [6.07, 6.45) is 2.89. The SMILES string of the molecule is Cc1cc(COC2CC(O[Si](C)C)C2)ccc1Cl. The van der Waals surface area contributed by atoms with Crippen LogP contribution in [-0.4, -0.2) is 21.2 Å². The van der Waals surface area contributed by atoms with Gasteiger partial charge in [-0.1, -0.05) is 23.7 Å². The van der Waals surface area contributed by atoms with Crippen LogP contribution in [0.1, 0.15) is 24.0 Å². The third kappa shape index (κ3) is 3.82. The first-order valence-corrected chi connectivity index (χ1v) is 9.16. The number of hydrogen-bond donors (Lipinski definition) is 0. The van der Waals surface area contributed by atoms with E-state index in [1.807, 2.05) is 19.1 Å². The van der Waals surface area contributed by atoms with Crippen molar-refractivity contribution >= 4 is 20.6 Å². The zero-order chi connectivity index (χ0) is 13.1. The summed E-state index contributed by atoms with van der Waals surface area (Å²) in [5.74, 6) is 0. The van der Waals surface area contributed by atoms with E-state index < -0.39 is 9.04 Å². The molecule has 0 spiro atoms. The van der Waals surface area contributed by atoms with E-state index in [-0.39, 0.29) is 0 Å². The monoisotopic (exact) mass is 283 g/mol. The molecule has 1 aliphatic carbocycles. The van der Waals surface area contributed by atoms with Gasteiger partial charge in [0.05, 0.1) is 12.7 Å². The minimum atomic E-state index is -0.565. The van der Waals surface area contributed by atoms with Crippen molar-refractivity contribution in [2.45, 2.75) is 51.7 Å².